The zero-order chi connectivity index (χ0) is 63.3. The molecule has 0 saturated carbocycles. The van der Waals surface area contributed by atoms with E-state index in [0.717, 1.165) is 5.52 Å². The van der Waals surface area contributed by atoms with E-state index in [1.807, 2.05) is 19.9 Å². The smallest absolute Gasteiger partial charge is 0.245 e. The quantitative estimate of drug-likeness (QED) is 0.0151. The summed E-state index contributed by atoms with van der Waals surface area (Å²) in [6.07, 6.45) is 5.80. The molecule has 2 aliphatic rings. The molecule has 0 radical (unpaired) electrons. The fourth-order valence-electron chi connectivity index (χ4n) is 10.5. The van der Waals surface area contributed by atoms with Crippen molar-refractivity contribution in [1.29, 1.82) is 0 Å². The second-order valence-corrected chi connectivity index (χ2v) is 22.8. The third-order valence-corrected chi connectivity index (χ3v) is 14.9. The highest BCUT2D eigenvalue weighted by molar-refractivity contribution is 5.99. The average Bonchev–Trinajstić information content (AvgIpc) is 2.39. The summed E-state index contributed by atoms with van der Waals surface area (Å²) in [7, 11) is 0. The molecule has 472 valence electrons. The molecule has 0 bridgehead atoms. The Bertz CT molecular complexity index is 3050. The van der Waals surface area contributed by atoms with Crippen LogP contribution < -0.4 is 59.3 Å². The van der Waals surface area contributed by atoms with Gasteiger partial charge >= 0.3 is 0 Å². The number of nitrogens with zero attached hydrogens (tertiary/aromatic N) is 3. The van der Waals surface area contributed by atoms with Crippen LogP contribution in [0.3, 0.4) is 0 Å². The van der Waals surface area contributed by atoms with Gasteiger partial charge in [-0.25, -0.2) is 4.98 Å². The second-order valence-electron chi connectivity index (χ2n) is 22.8. The molecule has 4 heterocycles. The number of carbonyl (C=O) groups excluding carboxylic acids is 10. The fourth-order valence-corrected chi connectivity index (χ4v) is 10.5. The van der Waals surface area contributed by atoms with E-state index < -0.39 is 108 Å². The number of benzene rings is 2. The van der Waals surface area contributed by atoms with Crippen molar-refractivity contribution in [2.75, 3.05) is 26.2 Å². The number of aromatic nitrogens is 3. The second kappa shape index (κ2) is 32.4. The first kappa shape index (κ1) is 67.1. The number of likely N-dealkylation sites (N-methyl/N-ethyl adjacent to an activating group) is 1. The molecule has 2 aliphatic heterocycles. The number of phenols is 1. The summed E-state index contributed by atoms with van der Waals surface area (Å²) in [6, 6.07) is 1.58. The number of nitrogens with two attached hydrogens (primary N) is 2. The lowest BCUT2D eigenvalue weighted by Gasteiger charge is -2.31. The van der Waals surface area contributed by atoms with Gasteiger partial charge in [-0.2, -0.15) is 0 Å². The molecule has 87 heavy (non-hydrogen) atoms. The van der Waals surface area contributed by atoms with Gasteiger partial charge in [0, 0.05) is 74.3 Å². The Morgan fingerprint density at radius 1 is 0.701 bits per heavy atom. The van der Waals surface area contributed by atoms with Crippen LogP contribution in [0.2, 0.25) is 0 Å². The van der Waals surface area contributed by atoms with Crippen LogP contribution in [-0.2, 0) is 67.2 Å². The van der Waals surface area contributed by atoms with Crippen LogP contribution in [0, 0.1) is 11.8 Å². The third-order valence-electron chi connectivity index (χ3n) is 14.9. The highest BCUT2D eigenvalue weighted by Crippen LogP contribution is 2.22. The van der Waals surface area contributed by atoms with E-state index >= 15 is 0 Å². The minimum atomic E-state index is -1.75. The van der Waals surface area contributed by atoms with Crippen molar-refractivity contribution in [2.45, 2.75) is 160 Å². The summed E-state index contributed by atoms with van der Waals surface area (Å²) >= 11 is 0. The number of aliphatic hydroxyl groups excluding tert-OH is 1. The Balaban J connectivity index is 1.22. The number of aromatic amines is 2. The topological polar surface area (TPSA) is 432 Å². The molecule has 2 aromatic carbocycles. The van der Waals surface area contributed by atoms with Gasteiger partial charge in [-0.3, -0.25) is 52.9 Å². The first-order chi connectivity index (χ1) is 41.5. The molecular formula is C59H84N16O12. The van der Waals surface area contributed by atoms with Crippen molar-refractivity contribution in [1.82, 2.24) is 67.7 Å². The predicted molar refractivity (Wildman–Crippen MR) is 320 cm³/mol. The van der Waals surface area contributed by atoms with Crippen LogP contribution in [0.4, 0.5) is 0 Å². The summed E-state index contributed by atoms with van der Waals surface area (Å²) in [6.45, 7) is 8.82. The number of rotatable bonds is 32. The van der Waals surface area contributed by atoms with Crippen LogP contribution >= 0.6 is 0 Å². The Morgan fingerprint density at radius 3 is 1.85 bits per heavy atom. The SMILES string of the molecule is CCNC(=O)[C@H]1CCCN1C(=O)C(CCCN=C(N)N)NC(=O)[C@@H](CC(C)C)NC(=O)[C@H](CC(C)C)NC(=O)[C@@H](Cc1ccc(O)cc1)NC(=O)[C@H](CO)NC(=O)[C@H](Cc1c[nH]c2ccccc12)NC(=O)[C@H](Cc1cnc[nH]1)NC(=O)C1CCC(=O)N1. The van der Waals surface area contributed by atoms with Gasteiger partial charge in [-0.15, -0.1) is 0 Å². The molecule has 17 N–H and O–H groups in total. The number of imidazole rings is 1. The number of phenolic OH excluding ortho intramolecular Hbond substituents is 1. The molecule has 28 nitrogen and oxygen atoms in total. The number of aliphatic hydroxyl groups is 1. The maximum atomic E-state index is 14.7. The number of likely N-dealkylation sites (tertiary alicyclic amines) is 1. The van der Waals surface area contributed by atoms with Gasteiger partial charge in [0.05, 0.1) is 12.9 Å². The van der Waals surface area contributed by atoms with Crippen LogP contribution in [0.25, 0.3) is 10.9 Å². The zero-order valence-electron chi connectivity index (χ0n) is 49.8. The summed E-state index contributed by atoms with van der Waals surface area (Å²) in [4.78, 5) is 155. The highest BCUT2D eigenvalue weighted by atomic mass is 16.3. The van der Waals surface area contributed by atoms with Crippen molar-refractivity contribution in [3.8, 4) is 5.75 Å². The number of nitrogens with one attached hydrogen (secondary N) is 11. The van der Waals surface area contributed by atoms with Gasteiger partial charge in [-0.05, 0) is 93.0 Å². The van der Waals surface area contributed by atoms with Crippen LogP contribution in [0.15, 0.2) is 72.2 Å². The van der Waals surface area contributed by atoms with Crippen molar-refractivity contribution in [3.05, 3.63) is 84.1 Å². The van der Waals surface area contributed by atoms with Crippen molar-refractivity contribution < 1.29 is 58.2 Å². The van der Waals surface area contributed by atoms with Gasteiger partial charge in [0.2, 0.25) is 59.1 Å². The van der Waals surface area contributed by atoms with Crippen molar-refractivity contribution in [3.63, 3.8) is 0 Å². The van der Waals surface area contributed by atoms with Crippen LogP contribution in [-0.4, -0.2) is 176 Å². The largest absolute Gasteiger partial charge is 0.508 e. The molecular weight excluding hydrogens is 1120 g/mol. The predicted octanol–water partition coefficient (Wildman–Crippen LogP) is -1.44. The van der Waals surface area contributed by atoms with Gasteiger partial charge in [-0.1, -0.05) is 58.0 Å². The standard InChI is InChI=1S/C59H84N16O12/c1-6-63-57(86)48-14-10-22-75(48)58(87)41(13-9-21-64-59(60)61)68-51(80)42(23-32(2)3)69-52(81)43(24-33(4)5)70-53(82)44(25-34-15-17-37(77)18-16-34)71-56(85)47(30-76)74-54(83)45(26-35-28-65-39-12-8-7-11-38(35)39)72-55(84)46(27-36-29-62-31-66-36)73-50(79)40-19-20-49(78)67-40/h7-8,11-12,15-18,28-29,31-33,40-48,65,76-77H,6,9-10,13-14,19-27,30H2,1-5H3,(H,62,66)(H,63,86)(H,67,78)(H,68,80)(H,69,81)(H,70,82)(H,71,85)(H,72,84)(H,73,79)(H,74,83)(H4,60,61,64)/t40?,41?,42-,43+,44-,45+,46+,47+,48-/m1/s1. The van der Waals surface area contributed by atoms with Crippen LogP contribution in [0.1, 0.15) is 103 Å². The van der Waals surface area contributed by atoms with Crippen molar-refractivity contribution >= 4 is 75.9 Å². The number of para-hydroxylation sites is 1. The fraction of sp³-hybridized carbons (Fsp3) is 0.525. The van der Waals surface area contributed by atoms with Crippen molar-refractivity contribution in [2.24, 2.45) is 28.3 Å². The summed E-state index contributed by atoms with van der Waals surface area (Å²) in [5, 5.41) is 45.9. The summed E-state index contributed by atoms with van der Waals surface area (Å²) in [5.41, 5.74) is 13.3. The summed E-state index contributed by atoms with van der Waals surface area (Å²) in [5.74, 6) is -7.55. The van der Waals surface area contributed by atoms with Gasteiger partial charge in [0.1, 0.15) is 60.1 Å². The number of H-pyrrole nitrogens is 2. The van der Waals surface area contributed by atoms with E-state index in [0.29, 0.717) is 41.6 Å². The van der Waals surface area contributed by atoms with E-state index in [2.05, 4.69) is 67.8 Å². The molecule has 2 unspecified atom stereocenters. The van der Waals surface area contributed by atoms with E-state index in [1.54, 1.807) is 45.2 Å². The molecule has 10 amide bonds. The normalized spacial score (nSPS) is 17.1. The monoisotopic (exact) mass is 1210 g/mol. The van der Waals surface area contributed by atoms with E-state index in [9.17, 15) is 58.2 Å². The minimum Gasteiger partial charge on any atom is -0.508 e. The van der Waals surface area contributed by atoms with Crippen LogP contribution in [0.5, 0.6) is 5.75 Å². The molecule has 2 saturated heterocycles. The van der Waals surface area contributed by atoms with E-state index in [-0.39, 0.29) is 106 Å². The number of hydrogen-bond donors (Lipinski definition) is 15. The molecule has 28 heteroatoms. The molecule has 9 atom stereocenters. The van der Waals surface area contributed by atoms with Gasteiger partial charge in [0.25, 0.3) is 0 Å². The van der Waals surface area contributed by atoms with Gasteiger partial charge in [0.15, 0.2) is 5.96 Å². The molecule has 0 aliphatic carbocycles. The van der Waals surface area contributed by atoms with E-state index in [1.165, 1.54) is 41.7 Å². The summed E-state index contributed by atoms with van der Waals surface area (Å²) < 4.78 is 0. The Morgan fingerprint density at radius 2 is 1.28 bits per heavy atom. The number of amides is 10. The lowest BCUT2D eigenvalue weighted by atomic mass is 9.98. The Kier molecular flexibility index (Phi) is 25.0. The number of guanidine groups is 1. The first-order valence-electron chi connectivity index (χ1n) is 29.5. The minimum absolute atomic E-state index is 0.0397. The highest BCUT2D eigenvalue weighted by Gasteiger charge is 2.40. The lowest BCUT2D eigenvalue weighted by Crippen LogP contribution is -2.61. The number of aliphatic imine (C=N–C) groups is 1. The molecule has 0 spiro atoms. The number of carbonyl (C=O) groups is 10. The average molecular weight is 1210 g/mol. The number of aromatic hydroxyl groups is 1. The Hall–Kier alpha value is -9.08. The zero-order valence-corrected chi connectivity index (χ0v) is 49.8. The maximum Gasteiger partial charge on any atom is 0.245 e. The molecule has 2 aromatic heterocycles. The number of hydrogen-bond acceptors (Lipinski definition) is 14. The lowest BCUT2D eigenvalue weighted by molar-refractivity contribution is -0.142. The first-order valence-corrected chi connectivity index (χ1v) is 29.5. The van der Waals surface area contributed by atoms with E-state index in [4.69, 9.17) is 11.5 Å². The Labute approximate surface area is 504 Å². The number of fused-ring (bicyclic) bond motifs is 1. The maximum absolute atomic E-state index is 14.7. The molecule has 6 rings (SSSR count). The molecule has 2 fully saturated rings. The third kappa shape index (κ3) is 20.0. The molecule has 4 aromatic rings. The van der Waals surface area contributed by atoms with Gasteiger partial charge < -0.3 is 84.4 Å².